The molecule has 1 aliphatic rings. The molecule has 144 valence electrons. The van der Waals surface area contributed by atoms with Gasteiger partial charge >= 0.3 is 0 Å². The van der Waals surface area contributed by atoms with Crippen LogP contribution in [-0.4, -0.2) is 37.0 Å². The molecule has 1 aliphatic heterocycles. The first-order valence-corrected chi connectivity index (χ1v) is 11.4. The molecule has 1 N–H and O–H groups in total. The maximum absolute atomic E-state index is 12.8. The van der Waals surface area contributed by atoms with Crippen LogP contribution in [0.15, 0.2) is 64.4 Å². The molecule has 27 heavy (non-hydrogen) atoms. The molecule has 2 aromatic carbocycles. The number of hydrogen-bond donors (Lipinski definition) is 1. The summed E-state index contributed by atoms with van der Waals surface area (Å²) in [5, 5.41) is 2.54. The van der Waals surface area contributed by atoms with Gasteiger partial charge < -0.3 is 5.32 Å². The highest BCUT2D eigenvalue weighted by Gasteiger charge is 2.26. The fourth-order valence-corrected chi connectivity index (χ4v) is 5.44. The zero-order chi connectivity index (χ0) is 19.3. The fourth-order valence-electron chi connectivity index (χ4n) is 2.99. The van der Waals surface area contributed by atoms with Crippen LogP contribution in [0.4, 0.5) is 5.69 Å². The lowest BCUT2D eigenvalue weighted by atomic mass is 10.2. The molecule has 1 atom stereocenters. The topological polar surface area (TPSA) is 66.5 Å². The predicted molar refractivity (Wildman–Crippen MR) is 109 cm³/mol. The summed E-state index contributed by atoms with van der Waals surface area (Å²) >= 11 is 1.46. The van der Waals surface area contributed by atoms with Crippen molar-refractivity contribution in [3.8, 4) is 0 Å². The van der Waals surface area contributed by atoms with Crippen molar-refractivity contribution >= 4 is 33.4 Å². The first-order chi connectivity index (χ1) is 13.0. The Balaban J connectivity index is 1.69. The Labute approximate surface area is 165 Å². The van der Waals surface area contributed by atoms with E-state index in [0.717, 1.165) is 24.2 Å². The number of benzene rings is 2. The van der Waals surface area contributed by atoms with Gasteiger partial charge in [0, 0.05) is 23.7 Å². The van der Waals surface area contributed by atoms with Gasteiger partial charge in [-0.25, -0.2) is 8.42 Å². The van der Waals surface area contributed by atoms with Gasteiger partial charge in [-0.05, 0) is 50.1 Å². The molecule has 3 rings (SSSR count). The number of thioether (sulfide) groups is 1. The van der Waals surface area contributed by atoms with Crippen LogP contribution in [0.1, 0.15) is 26.2 Å². The number of piperidine rings is 1. The van der Waals surface area contributed by atoms with Crippen molar-refractivity contribution < 1.29 is 13.2 Å². The average Bonchev–Trinajstić information content (AvgIpc) is 2.69. The second-order valence-electron chi connectivity index (χ2n) is 6.55. The molecule has 0 radical (unpaired) electrons. The second-order valence-corrected chi connectivity index (χ2v) is 9.91. The van der Waals surface area contributed by atoms with Crippen molar-refractivity contribution in [1.82, 2.24) is 4.31 Å². The third kappa shape index (κ3) is 5.12. The summed E-state index contributed by atoms with van der Waals surface area (Å²) in [6.07, 6.45) is 2.85. The van der Waals surface area contributed by atoms with Gasteiger partial charge in [0.15, 0.2) is 0 Å². The van der Waals surface area contributed by atoms with Crippen molar-refractivity contribution in [2.24, 2.45) is 0 Å². The molecule has 0 spiro atoms. The number of hydrogen-bond acceptors (Lipinski definition) is 4. The number of carbonyl (C=O) groups is 1. The van der Waals surface area contributed by atoms with E-state index < -0.39 is 10.0 Å². The van der Waals surface area contributed by atoms with Crippen LogP contribution < -0.4 is 5.32 Å². The zero-order valence-corrected chi connectivity index (χ0v) is 16.9. The summed E-state index contributed by atoms with van der Waals surface area (Å²) in [5.41, 5.74) is 0.499. The Morgan fingerprint density at radius 2 is 1.74 bits per heavy atom. The second kappa shape index (κ2) is 8.91. The van der Waals surface area contributed by atoms with Crippen LogP contribution in [0, 0.1) is 0 Å². The SMILES string of the molecule is CC(Sc1ccccc1)C(=O)Nc1cccc(S(=O)(=O)N2CCCCC2)c1. The smallest absolute Gasteiger partial charge is 0.243 e. The highest BCUT2D eigenvalue weighted by molar-refractivity contribution is 8.00. The van der Waals surface area contributed by atoms with Crippen LogP contribution in [0.25, 0.3) is 0 Å². The predicted octanol–water partition coefficient (Wildman–Crippen LogP) is 3.98. The molecule has 1 amide bonds. The Bertz CT molecular complexity index is 879. The summed E-state index contributed by atoms with van der Waals surface area (Å²) in [5.74, 6) is -0.156. The van der Waals surface area contributed by atoms with E-state index in [0.29, 0.717) is 18.8 Å². The highest BCUT2D eigenvalue weighted by atomic mass is 32.2. The van der Waals surface area contributed by atoms with Crippen LogP contribution in [0.2, 0.25) is 0 Å². The fraction of sp³-hybridized carbons (Fsp3) is 0.350. The zero-order valence-electron chi connectivity index (χ0n) is 15.3. The van der Waals surface area contributed by atoms with Gasteiger partial charge in [-0.15, -0.1) is 11.8 Å². The van der Waals surface area contributed by atoms with Crippen LogP contribution in [0.5, 0.6) is 0 Å². The van der Waals surface area contributed by atoms with E-state index >= 15 is 0 Å². The molecule has 0 saturated carbocycles. The molecule has 1 unspecified atom stereocenters. The standard InChI is InChI=1S/C20H24N2O3S2/c1-16(26-18-10-4-2-5-11-18)20(23)21-17-9-8-12-19(15-17)27(24,25)22-13-6-3-7-14-22/h2,4-5,8-12,15-16H,3,6-7,13-14H2,1H3,(H,21,23). The third-order valence-corrected chi connectivity index (χ3v) is 7.49. The van der Waals surface area contributed by atoms with E-state index in [2.05, 4.69) is 5.32 Å². The molecule has 0 aromatic heterocycles. The lowest BCUT2D eigenvalue weighted by Gasteiger charge is -2.26. The highest BCUT2D eigenvalue weighted by Crippen LogP contribution is 2.25. The molecule has 1 heterocycles. The van der Waals surface area contributed by atoms with Gasteiger partial charge in [0.2, 0.25) is 15.9 Å². The van der Waals surface area contributed by atoms with Crippen molar-refractivity contribution in [3.63, 3.8) is 0 Å². The van der Waals surface area contributed by atoms with E-state index in [1.807, 2.05) is 37.3 Å². The minimum Gasteiger partial charge on any atom is -0.325 e. The lowest BCUT2D eigenvalue weighted by molar-refractivity contribution is -0.115. The third-order valence-electron chi connectivity index (χ3n) is 4.48. The monoisotopic (exact) mass is 404 g/mol. The average molecular weight is 405 g/mol. The number of sulfonamides is 1. The van der Waals surface area contributed by atoms with E-state index in [9.17, 15) is 13.2 Å². The molecule has 0 aliphatic carbocycles. The quantitative estimate of drug-likeness (QED) is 0.740. The van der Waals surface area contributed by atoms with Crippen LogP contribution in [0.3, 0.4) is 0 Å². The maximum atomic E-state index is 12.8. The van der Waals surface area contributed by atoms with Crippen LogP contribution in [-0.2, 0) is 14.8 Å². The van der Waals surface area contributed by atoms with Gasteiger partial charge in [-0.3, -0.25) is 4.79 Å². The Morgan fingerprint density at radius 1 is 1.04 bits per heavy atom. The summed E-state index contributed by atoms with van der Waals surface area (Å²) in [6, 6.07) is 16.2. The van der Waals surface area contributed by atoms with Gasteiger partial charge in [0.1, 0.15) is 0 Å². The van der Waals surface area contributed by atoms with Gasteiger partial charge in [0.25, 0.3) is 0 Å². The number of amides is 1. The van der Waals surface area contributed by atoms with E-state index in [1.165, 1.54) is 16.1 Å². The lowest BCUT2D eigenvalue weighted by Crippen LogP contribution is -2.35. The largest absolute Gasteiger partial charge is 0.325 e. The number of nitrogens with one attached hydrogen (secondary N) is 1. The normalized spacial score (nSPS) is 16.6. The summed E-state index contributed by atoms with van der Waals surface area (Å²) < 4.78 is 27.2. The molecule has 0 bridgehead atoms. The van der Waals surface area contributed by atoms with E-state index in [1.54, 1.807) is 24.3 Å². The van der Waals surface area contributed by atoms with E-state index in [-0.39, 0.29) is 16.1 Å². The van der Waals surface area contributed by atoms with E-state index in [4.69, 9.17) is 0 Å². The van der Waals surface area contributed by atoms with Crippen molar-refractivity contribution in [3.05, 3.63) is 54.6 Å². The van der Waals surface area contributed by atoms with Gasteiger partial charge in [-0.2, -0.15) is 4.31 Å². The first-order valence-electron chi connectivity index (χ1n) is 9.09. The molecule has 2 aromatic rings. The summed E-state index contributed by atoms with van der Waals surface area (Å²) in [7, 11) is -3.51. The number of rotatable bonds is 6. The molecular weight excluding hydrogens is 380 g/mol. The Hall–Kier alpha value is -1.83. The Kier molecular flexibility index (Phi) is 6.57. The summed E-state index contributed by atoms with van der Waals surface area (Å²) in [4.78, 5) is 13.7. The van der Waals surface area contributed by atoms with Crippen molar-refractivity contribution in [1.29, 1.82) is 0 Å². The summed E-state index contributed by atoms with van der Waals surface area (Å²) in [6.45, 7) is 2.95. The number of carbonyl (C=O) groups excluding carboxylic acids is 1. The minimum atomic E-state index is -3.51. The van der Waals surface area contributed by atoms with Crippen LogP contribution >= 0.6 is 11.8 Å². The van der Waals surface area contributed by atoms with Crippen molar-refractivity contribution in [2.75, 3.05) is 18.4 Å². The molecular formula is C20H24N2O3S2. The van der Waals surface area contributed by atoms with Gasteiger partial charge in [0.05, 0.1) is 10.1 Å². The minimum absolute atomic E-state index is 0.156. The first kappa shape index (κ1) is 19.9. The molecule has 5 nitrogen and oxygen atoms in total. The van der Waals surface area contributed by atoms with Gasteiger partial charge in [-0.1, -0.05) is 30.7 Å². The Morgan fingerprint density at radius 3 is 2.44 bits per heavy atom. The number of anilines is 1. The number of nitrogens with zero attached hydrogens (tertiary/aromatic N) is 1. The molecule has 7 heteroatoms. The molecule has 1 saturated heterocycles. The van der Waals surface area contributed by atoms with Crippen molar-refractivity contribution in [2.45, 2.75) is 41.2 Å². The maximum Gasteiger partial charge on any atom is 0.243 e. The molecule has 1 fully saturated rings.